The molecule has 0 bridgehead atoms. The summed E-state index contributed by atoms with van der Waals surface area (Å²) < 4.78 is 24.9. The van der Waals surface area contributed by atoms with Crippen LogP contribution in [0.1, 0.15) is 39.9 Å². The van der Waals surface area contributed by atoms with Crippen LogP contribution < -0.4 is 9.62 Å². The van der Waals surface area contributed by atoms with Gasteiger partial charge in [-0.25, -0.2) is 8.42 Å². The van der Waals surface area contributed by atoms with Crippen LogP contribution in [0.3, 0.4) is 0 Å². The number of hydrogen-bond donors (Lipinski definition) is 1. The monoisotopic (exact) mass is 415 g/mol. The maximum absolute atomic E-state index is 12.7. The summed E-state index contributed by atoms with van der Waals surface area (Å²) in [5, 5.41) is 2.96. The molecular weight excluding hydrogens is 386 g/mol. The quantitative estimate of drug-likeness (QED) is 0.755. The second-order valence-corrected chi connectivity index (χ2v) is 9.68. The summed E-state index contributed by atoms with van der Waals surface area (Å²) in [6.07, 6.45) is 3.68. The van der Waals surface area contributed by atoms with E-state index in [1.54, 1.807) is 25.1 Å². The van der Waals surface area contributed by atoms with Crippen molar-refractivity contribution in [1.82, 2.24) is 10.2 Å². The first kappa shape index (κ1) is 21.3. The zero-order valence-corrected chi connectivity index (χ0v) is 18.1. The molecule has 3 rings (SSSR count). The minimum Gasteiger partial charge on any atom is -0.348 e. The van der Waals surface area contributed by atoms with Crippen LogP contribution in [0.15, 0.2) is 42.5 Å². The Hall–Kier alpha value is -2.38. The molecule has 1 aliphatic heterocycles. The van der Waals surface area contributed by atoms with E-state index in [2.05, 4.69) is 22.3 Å². The molecule has 0 spiro atoms. The first-order valence-corrected chi connectivity index (χ1v) is 11.7. The van der Waals surface area contributed by atoms with Crippen molar-refractivity contribution in [1.29, 1.82) is 0 Å². The topological polar surface area (TPSA) is 69.7 Å². The Kier molecular flexibility index (Phi) is 6.59. The maximum Gasteiger partial charge on any atom is 0.251 e. The van der Waals surface area contributed by atoms with Gasteiger partial charge in [-0.15, -0.1) is 0 Å². The lowest BCUT2D eigenvalue weighted by atomic mass is 10.1. The molecule has 2 aromatic rings. The number of carbonyl (C=O) groups excluding carboxylic acids is 1. The van der Waals surface area contributed by atoms with E-state index >= 15 is 0 Å². The van der Waals surface area contributed by atoms with E-state index in [1.165, 1.54) is 29.8 Å². The molecule has 1 aliphatic rings. The lowest BCUT2D eigenvalue weighted by molar-refractivity contribution is 0.0950. The number of carbonyl (C=O) groups is 1. The Morgan fingerprint density at radius 2 is 1.76 bits per heavy atom. The summed E-state index contributed by atoms with van der Waals surface area (Å²) in [5.74, 6) is -0.212. The van der Waals surface area contributed by atoms with E-state index in [0.717, 1.165) is 31.5 Å². The van der Waals surface area contributed by atoms with E-state index in [1.807, 2.05) is 12.1 Å². The molecule has 6 nitrogen and oxygen atoms in total. The first-order valence-electron chi connectivity index (χ1n) is 9.87. The molecule has 29 heavy (non-hydrogen) atoms. The van der Waals surface area contributed by atoms with Crippen molar-refractivity contribution in [2.24, 2.45) is 0 Å². The number of amides is 1. The largest absolute Gasteiger partial charge is 0.348 e. The van der Waals surface area contributed by atoms with Crippen molar-refractivity contribution >= 4 is 21.6 Å². The lowest BCUT2D eigenvalue weighted by Crippen LogP contribution is -2.28. The molecule has 0 aliphatic carbocycles. The number of hydrogen-bond acceptors (Lipinski definition) is 4. The molecule has 0 unspecified atom stereocenters. The van der Waals surface area contributed by atoms with Crippen molar-refractivity contribution in [3.8, 4) is 0 Å². The van der Waals surface area contributed by atoms with E-state index in [-0.39, 0.29) is 5.91 Å². The van der Waals surface area contributed by atoms with Crippen molar-refractivity contribution < 1.29 is 13.2 Å². The van der Waals surface area contributed by atoms with E-state index < -0.39 is 10.0 Å². The molecule has 0 radical (unpaired) electrons. The smallest absolute Gasteiger partial charge is 0.251 e. The van der Waals surface area contributed by atoms with Crippen LogP contribution in [-0.2, 0) is 23.1 Å². The highest BCUT2D eigenvalue weighted by Gasteiger charge is 2.18. The van der Waals surface area contributed by atoms with E-state index in [4.69, 9.17) is 0 Å². The van der Waals surface area contributed by atoms with Gasteiger partial charge in [0.15, 0.2) is 0 Å². The highest BCUT2D eigenvalue weighted by Crippen LogP contribution is 2.24. The molecule has 156 valence electrons. The van der Waals surface area contributed by atoms with Crippen LogP contribution in [0.5, 0.6) is 0 Å². The summed E-state index contributed by atoms with van der Waals surface area (Å²) in [5.41, 5.74) is 3.93. The molecule has 1 N–H and O–H groups in total. The predicted octanol–water partition coefficient (Wildman–Crippen LogP) is 2.92. The van der Waals surface area contributed by atoms with Crippen LogP contribution >= 0.6 is 0 Å². The van der Waals surface area contributed by atoms with Gasteiger partial charge in [-0.05, 0) is 61.7 Å². The standard InChI is InChI=1S/C22H29N3O3S/c1-17-20(10-7-11-21(17)24(2)29(3,27)28)22(26)23-15-18-8-6-9-19(14-18)16-25-12-4-5-13-25/h6-11,14H,4-5,12-13,15-16H2,1-3H3,(H,23,26). The van der Waals surface area contributed by atoms with Crippen LogP contribution in [0.2, 0.25) is 0 Å². The van der Waals surface area contributed by atoms with Crippen molar-refractivity contribution in [3.63, 3.8) is 0 Å². The Morgan fingerprint density at radius 3 is 2.45 bits per heavy atom. The number of anilines is 1. The molecule has 0 atom stereocenters. The average molecular weight is 416 g/mol. The second-order valence-electron chi connectivity index (χ2n) is 7.67. The molecule has 1 amide bonds. The fraction of sp³-hybridized carbons (Fsp3) is 0.409. The summed E-state index contributed by atoms with van der Waals surface area (Å²) in [6.45, 7) is 5.44. The number of sulfonamides is 1. The van der Waals surface area contributed by atoms with Gasteiger partial charge in [-0.2, -0.15) is 0 Å². The molecule has 0 aromatic heterocycles. The maximum atomic E-state index is 12.7. The Morgan fingerprint density at radius 1 is 1.10 bits per heavy atom. The van der Waals surface area contributed by atoms with E-state index in [9.17, 15) is 13.2 Å². The Labute approximate surface area is 173 Å². The third kappa shape index (κ3) is 5.36. The molecule has 1 heterocycles. The average Bonchev–Trinajstić information content (AvgIpc) is 3.18. The van der Waals surface area contributed by atoms with Gasteiger partial charge in [-0.3, -0.25) is 14.0 Å². The van der Waals surface area contributed by atoms with Crippen LogP contribution in [0, 0.1) is 6.92 Å². The van der Waals surface area contributed by atoms with Gasteiger partial charge < -0.3 is 5.32 Å². The fourth-order valence-corrected chi connectivity index (χ4v) is 4.26. The summed E-state index contributed by atoms with van der Waals surface area (Å²) in [7, 11) is -1.90. The Balaban J connectivity index is 1.68. The van der Waals surface area contributed by atoms with Gasteiger partial charge in [0.2, 0.25) is 10.0 Å². The molecular formula is C22H29N3O3S. The normalized spacial score (nSPS) is 14.7. The molecule has 0 saturated carbocycles. The number of likely N-dealkylation sites (tertiary alicyclic amines) is 1. The van der Waals surface area contributed by atoms with Gasteiger partial charge in [0, 0.05) is 25.7 Å². The van der Waals surface area contributed by atoms with Crippen LogP contribution in [0.4, 0.5) is 5.69 Å². The minimum absolute atomic E-state index is 0.212. The third-order valence-electron chi connectivity index (χ3n) is 5.44. The van der Waals surface area contributed by atoms with Crippen LogP contribution in [0.25, 0.3) is 0 Å². The van der Waals surface area contributed by atoms with Crippen molar-refractivity contribution in [2.45, 2.75) is 32.9 Å². The second kappa shape index (κ2) is 8.97. The number of nitrogens with zero attached hydrogens (tertiary/aromatic N) is 2. The highest BCUT2D eigenvalue weighted by molar-refractivity contribution is 7.92. The zero-order chi connectivity index (χ0) is 21.0. The SMILES string of the molecule is Cc1c(C(=O)NCc2cccc(CN3CCCC3)c2)cccc1N(C)S(C)(=O)=O. The third-order valence-corrected chi connectivity index (χ3v) is 6.63. The van der Waals surface area contributed by atoms with Crippen molar-refractivity contribution in [3.05, 3.63) is 64.7 Å². The Bertz CT molecular complexity index is 983. The summed E-state index contributed by atoms with van der Waals surface area (Å²) in [6, 6.07) is 13.4. The molecule has 1 saturated heterocycles. The van der Waals surface area contributed by atoms with Crippen LogP contribution in [-0.4, -0.2) is 45.6 Å². The molecule has 1 fully saturated rings. The molecule has 7 heteroatoms. The number of nitrogens with one attached hydrogen (secondary N) is 1. The highest BCUT2D eigenvalue weighted by atomic mass is 32.2. The first-order chi connectivity index (χ1) is 13.8. The van der Waals surface area contributed by atoms with Gasteiger partial charge in [0.1, 0.15) is 0 Å². The lowest BCUT2D eigenvalue weighted by Gasteiger charge is -2.20. The van der Waals surface area contributed by atoms with Gasteiger partial charge in [-0.1, -0.05) is 30.3 Å². The van der Waals surface area contributed by atoms with Gasteiger partial charge in [0.25, 0.3) is 5.91 Å². The number of rotatable bonds is 7. The minimum atomic E-state index is -3.39. The predicted molar refractivity (Wildman–Crippen MR) is 117 cm³/mol. The summed E-state index contributed by atoms with van der Waals surface area (Å²) in [4.78, 5) is 15.2. The summed E-state index contributed by atoms with van der Waals surface area (Å²) >= 11 is 0. The van der Waals surface area contributed by atoms with Gasteiger partial charge >= 0.3 is 0 Å². The fourth-order valence-electron chi connectivity index (χ4n) is 3.70. The van der Waals surface area contributed by atoms with Gasteiger partial charge in [0.05, 0.1) is 11.9 Å². The molecule has 2 aromatic carbocycles. The van der Waals surface area contributed by atoms with E-state index in [0.29, 0.717) is 23.4 Å². The zero-order valence-electron chi connectivity index (χ0n) is 17.3. The number of benzene rings is 2. The van der Waals surface area contributed by atoms with Crippen molar-refractivity contribution in [2.75, 3.05) is 30.7 Å².